The van der Waals surface area contributed by atoms with Gasteiger partial charge in [0.05, 0.1) is 6.61 Å². The largest absolute Gasteiger partial charge is 0.395 e. The maximum absolute atomic E-state index is 12.4. The standard InChI is InChI=1S/C15H30N2O2/c1-12(2)9-13(11-16)10-15(19)17(7-8-18)14-5-3-4-6-14/h12-14,18H,3-11,16H2,1-2H3/t13-/m0/s1. The molecule has 0 unspecified atom stereocenters. The van der Waals surface area contributed by atoms with E-state index < -0.39 is 0 Å². The van der Waals surface area contributed by atoms with E-state index in [-0.39, 0.29) is 18.4 Å². The predicted molar refractivity (Wildman–Crippen MR) is 77.7 cm³/mol. The van der Waals surface area contributed by atoms with Gasteiger partial charge in [0.15, 0.2) is 0 Å². The zero-order chi connectivity index (χ0) is 14.3. The van der Waals surface area contributed by atoms with Gasteiger partial charge in [0.2, 0.25) is 5.91 Å². The molecule has 1 aliphatic rings. The van der Waals surface area contributed by atoms with Crippen molar-refractivity contribution in [2.45, 2.75) is 58.4 Å². The second-order valence-electron chi connectivity index (χ2n) is 6.18. The van der Waals surface area contributed by atoms with Crippen molar-refractivity contribution in [1.29, 1.82) is 0 Å². The van der Waals surface area contributed by atoms with Crippen LogP contribution in [0.2, 0.25) is 0 Å². The number of nitrogens with zero attached hydrogens (tertiary/aromatic N) is 1. The first-order valence-electron chi connectivity index (χ1n) is 7.68. The fourth-order valence-electron chi connectivity index (χ4n) is 3.13. The van der Waals surface area contributed by atoms with Crippen LogP contribution in [-0.4, -0.2) is 41.7 Å². The summed E-state index contributed by atoms with van der Waals surface area (Å²) < 4.78 is 0. The van der Waals surface area contributed by atoms with E-state index in [1.807, 2.05) is 4.90 Å². The lowest BCUT2D eigenvalue weighted by molar-refractivity contribution is -0.135. The molecule has 1 amide bonds. The molecule has 0 bridgehead atoms. The monoisotopic (exact) mass is 270 g/mol. The molecule has 1 saturated carbocycles. The first-order valence-corrected chi connectivity index (χ1v) is 7.68. The summed E-state index contributed by atoms with van der Waals surface area (Å²) >= 11 is 0. The van der Waals surface area contributed by atoms with Gasteiger partial charge in [-0.2, -0.15) is 0 Å². The molecular weight excluding hydrogens is 240 g/mol. The predicted octanol–water partition coefficient (Wildman–Crippen LogP) is 1.76. The topological polar surface area (TPSA) is 66.6 Å². The minimum absolute atomic E-state index is 0.0553. The smallest absolute Gasteiger partial charge is 0.223 e. The average molecular weight is 270 g/mol. The molecule has 0 aromatic rings. The maximum Gasteiger partial charge on any atom is 0.223 e. The third-order valence-corrected chi connectivity index (χ3v) is 4.03. The number of rotatable bonds is 8. The summed E-state index contributed by atoms with van der Waals surface area (Å²) in [6, 6.07) is 0.345. The molecule has 0 aromatic heterocycles. The minimum atomic E-state index is 0.0553. The van der Waals surface area contributed by atoms with Crippen LogP contribution in [0.15, 0.2) is 0 Å². The van der Waals surface area contributed by atoms with Gasteiger partial charge < -0.3 is 15.7 Å². The van der Waals surface area contributed by atoms with Crippen molar-refractivity contribution >= 4 is 5.91 Å². The molecule has 0 radical (unpaired) electrons. The lowest BCUT2D eigenvalue weighted by Gasteiger charge is -2.30. The Hall–Kier alpha value is -0.610. The Morgan fingerprint density at radius 3 is 2.47 bits per heavy atom. The Morgan fingerprint density at radius 2 is 2.00 bits per heavy atom. The van der Waals surface area contributed by atoms with Crippen molar-refractivity contribution in [3.8, 4) is 0 Å². The van der Waals surface area contributed by atoms with E-state index in [9.17, 15) is 4.79 Å². The van der Waals surface area contributed by atoms with Crippen molar-refractivity contribution in [2.24, 2.45) is 17.6 Å². The molecular formula is C15H30N2O2. The van der Waals surface area contributed by atoms with Crippen LogP contribution in [0.3, 0.4) is 0 Å². The summed E-state index contributed by atoms with van der Waals surface area (Å²) in [5, 5.41) is 9.16. The van der Waals surface area contributed by atoms with E-state index in [1.165, 1.54) is 12.8 Å². The quantitative estimate of drug-likeness (QED) is 0.706. The van der Waals surface area contributed by atoms with Crippen LogP contribution in [0.4, 0.5) is 0 Å². The van der Waals surface area contributed by atoms with Crippen LogP contribution >= 0.6 is 0 Å². The van der Waals surface area contributed by atoms with Gasteiger partial charge in [-0.05, 0) is 37.6 Å². The van der Waals surface area contributed by atoms with E-state index in [2.05, 4.69) is 13.8 Å². The molecule has 4 heteroatoms. The van der Waals surface area contributed by atoms with Gasteiger partial charge in [-0.3, -0.25) is 4.79 Å². The van der Waals surface area contributed by atoms with E-state index in [4.69, 9.17) is 10.8 Å². The van der Waals surface area contributed by atoms with Gasteiger partial charge in [0.1, 0.15) is 0 Å². The highest BCUT2D eigenvalue weighted by atomic mass is 16.3. The van der Waals surface area contributed by atoms with Crippen molar-refractivity contribution in [3.05, 3.63) is 0 Å². The number of aliphatic hydroxyl groups is 1. The number of nitrogens with two attached hydrogens (primary N) is 1. The van der Waals surface area contributed by atoms with Crippen molar-refractivity contribution in [2.75, 3.05) is 19.7 Å². The Labute approximate surface area is 117 Å². The van der Waals surface area contributed by atoms with Crippen molar-refractivity contribution in [3.63, 3.8) is 0 Å². The summed E-state index contributed by atoms with van der Waals surface area (Å²) in [5.41, 5.74) is 5.78. The Bertz CT molecular complexity index is 263. The third-order valence-electron chi connectivity index (χ3n) is 4.03. The molecule has 1 aliphatic carbocycles. The SMILES string of the molecule is CC(C)C[C@H](CN)CC(=O)N(CCO)C1CCCC1. The molecule has 112 valence electrons. The minimum Gasteiger partial charge on any atom is -0.395 e. The van der Waals surface area contributed by atoms with Gasteiger partial charge in [-0.25, -0.2) is 0 Å². The molecule has 1 fully saturated rings. The Balaban J connectivity index is 2.54. The highest BCUT2D eigenvalue weighted by Crippen LogP contribution is 2.25. The van der Waals surface area contributed by atoms with Gasteiger partial charge in [0, 0.05) is 19.0 Å². The molecule has 3 N–H and O–H groups in total. The summed E-state index contributed by atoms with van der Waals surface area (Å²) in [5.74, 6) is 1.02. The first-order chi connectivity index (χ1) is 9.08. The Kier molecular flexibility index (Phi) is 7.39. The van der Waals surface area contributed by atoms with Gasteiger partial charge in [0.25, 0.3) is 0 Å². The van der Waals surface area contributed by atoms with E-state index >= 15 is 0 Å². The fraction of sp³-hybridized carbons (Fsp3) is 0.933. The molecule has 19 heavy (non-hydrogen) atoms. The molecule has 0 saturated heterocycles. The second kappa shape index (κ2) is 8.54. The second-order valence-corrected chi connectivity index (χ2v) is 6.18. The molecule has 0 aliphatic heterocycles. The summed E-state index contributed by atoms with van der Waals surface area (Å²) in [4.78, 5) is 14.3. The number of aliphatic hydroxyl groups excluding tert-OH is 1. The maximum atomic E-state index is 12.4. The number of amides is 1. The first kappa shape index (κ1) is 16.4. The lowest BCUT2D eigenvalue weighted by atomic mass is 9.93. The molecule has 1 atom stereocenters. The molecule has 0 heterocycles. The van der Waals surface area contributed by atoms with E-state index in [0.717, 1.165) is 19.3 Å². The highest BCUT2D eigenvalue weighted by molar-refractivity contribution is 5.76. The Morgan fingerprint density at radius 1 is 1.37 bits per heavy atom. The van der Waals surface area contributed by atoms with Crippen LogP contribution in [0, 0.1) is 11.8 Å². The van der Waals surface area contributed by atoms with E-state index in [1.54, 1.807) is 0 Å². The zero-order valence-corrected chi connectivity index (χ0v) is 12.5. The number of carbonyl (C=O) groups excluding carboxylic acids is 1. The fourth-order valence-corrected chi connectivity index (χ4v) is 3.13. The lowest BCUT2D eigenvalue weighted by Crippen LogP contribution is -2.42. The third kappa shape index (κ3) is 5.49. The van der Waals surface area contributed by atoms with Crippen molar-refractivity contribution < 1.29 is 9.90 Å². The zero-order valence-electron chi connectivity index (χ0n) is 12.5. The average Bonchev–Trinajstić information content (AvgIpc) is 2.87. The highest BCUT2D eigenvalue weighted by Gasteiger charge is 2.27. The van der Waals surface area contributed by atoms with E-state index in [0.29, 0.717) is 31.5 Å². The van der Waals surface area contributed by atoms with Crippen LogP contribution in [0.5, 0.6) is 0 Å². The molecule has 4 nitrogen and oxygen atoms in total. The number of hydrogen-bond donors (Lipinski definition) is 2. The molecule has 0 spiro atoms. The van der Waals surface area contributed by atoms with Crippen molar-refractivity contribution in [1.82, 2.24) is 4.90 Å². The van der Waals surface area contributed by atoms with Gasteiger partial charge in [-0.1, -0.05) is 26.7 Å². The summed E-state index contributed by atoms with van der Waals surface area (Å²) in [6.07, 6.45) is 6.11. The van der Waals surface area contributed by atoms with Crippen LogP contribution in [-0.2, 0) is 4.79 Å². The van der Waals surface area contributed by atoms with Crippen LogP contribution < -0.4 is 5.73 Å². The number of carbonyl (C=O) groups is 1. The van der Waals surface area contributed by atoms with Crippen LogP contribution in [0.25, 0.3) is 0 Å². The summed E-state index contributed by atoms with van der Waals surface area (Å²) in [7, 11) is 0. The summed E-state index contributed by atoms with van der Waals surface area (Å²) in [6.45, 7) is 5.43. The van der Waals surface area contributed by atoms with Gasteiger partial charge in [-0.15, -0.1) is 0 Å². The van der Waals surface area contributed by atoms with Gasteiger partial charge >= 0.3 is 0 Å². The normalized spacial score (nSPS) is 17.9. The van der Waals surface area contributed by atoms with Crippen LogP contribution in [0.1, 0.15) is 52.4 Å². The molecule has 1 rings (SSSR count). The molecule has 0 aromatic carbocycles. The number of hydrogen-bond acceptors (Lipinski definition) is 3.